The van der Waals surface area contributed by atoms with E-state index in [1.165, 1.54) is 0 Å². The second kappa shape index (κ2) is 20.7. The number of carbonyl (C=O) groups excluding carboxylic acids is 1. The van der Waals surface area contributed by atoms with Gasteiger partial charge in [0.15, 0.2) is 11.6 Å². The second-order valence-corrected chi connectivity index (χ2v) is 15.8. The van der Waals surface area contributed by atoms with Gasteiger partial charge in [-0.1, -0.05) is 6.07 Å². The molecule has 1 unspecified atom stereocenters. The van der Waals surface area contributed by atoms with Crippen LogP contribution in [0.4, 0.5) is 5.69 Å². The van der Waals surface area contributed by atoms with Crippen molar-refractivity contribution in [2.45, 2.75) is 89.3 Å². The number of aromatic nitrogens is 4. The number of aliphatic carboxylic acids is 1. The molecule has 4 heterocycles. The van der Waals surface area contributed by atoms with Gasteiger partial charge in [-0.25, -0.2) is 9.78 Å². The Balaban J connectivity index is 1.06. The van der Waals surface area contributed by atoms with Crippen LogP contribution in [-0.2, 0) is 24.5 Å². The SMILES string of the molecule is CC(C)(C)OC(O)N1CCC(Nc2cccc(C(=O)N[C@H]3CCOc4ccc(OCCCCCOCCCOCC(=O)O)cc43)c2)(c2nc(-c3ccncc3)n[nH]2)CC1. The Morgan fingerprint density at radius 1 is 0.983 bits per heavy atom. The largest absolute Gasteiger partial charge is 0.494 e. The maximum Gasteiger partial charge on any atom is 0.329 e. The van der Waals surface area contributed by atoms with Gasteiger partial charge in [0, 0.05) is 74.1 Å². The second-order valence-electron chi connectivity index (χ2n) is 15.8. The number of aromatic amines is 1. The molecule has 2 atom stereocenters. The Hall–Kier alpha value is -5.13. The molecule has 6 rings (SSSR count). The van der Waals surface area contributed by atoms with Crippen molar-refractivity contribution >= 4 is 17.6 Å². The Kier molecular flexibility index (Phi) is 15.3. The Labute approximate surface area is 345 Å². The van der Waals surface area contributed by atoms with Crippen LogP contribution in [-0.4, -0.2) is 112 Å². The average molecular weight is 816 g/mol. The van der Waals surface area contributed by atoms with Crippen molar-refractivity contribution in [1.29, 1.82) is 0 Å². The zero-order chi connectivity index (χ0) is 41.7. The molecule has 4 aromatic rings. The minimum atomic E-state index is -1.05. The number of unbranched alkanes of at least 4 members (excludes halogenated alkanes) is 2. The number of hydrogen-bond donors (Lipinski definition) is 5. The number of carboxylic acids is 1. The molecule has 0 radical (unpaired) electrons. The Bertz CT molecular complexity index is 1950. The highest BCUT2D eigenvalue weighted by Gasteiger charge is 2.41. The zero-order valence-corrected chi connectivity index (χ0v) is 34.2. The fourth-order valence-corrected chi connectivity index (χ4v) is 7.11. The van der Waals surface area contributed by atoms with E-state index in [4.69, 9.17) is 33.8 Å². The number of anilines is 1. The lowest BCUT2D eigenvalue weighted by atomic mass is 9.86. The minimum absolute atomic E-state index is 0.209. The van der Waals surface area contributed by atoms with Crippen molar-refractivity contribution in [3.63, 3.8) is 0 Å². The highest BCUT2D eigenvalue weighted by molar-refractivity contribution is 5.95. The quantitative estimate of drug-likeness (QED) is 0.0509. The molecule has 2 aliphatic heterocycles. The van der Waals surface area contributed by atoms with E-state index in [1.54, 1.807) is 18.5 Å². The van der Waals surface area contributed by atoms with Crippen LogP contribution < -0.4 is 20.1 Å². The van der Waals surface area contributed by atoms with E-state index < -0.39 is 23.5 Å². The number of piperidine rings is 1. The van der Waals surface area contributed by atoms with E-state index in [2.05, 4.69) is 25.8 Å². The molecule has 2 aromatic heterocycles. The molecule has 16 heteroatoms. The van der Waals surface area contributed by atoms with Crippen molar-refractivity contribution in [2.24, 2.45) is 0 Å². The lowest BCUT2D eigenvalue weighted by molar-refractivity contribution is -0.243. The lowest BCUT2D eigenvalue weighted by Gasteiger charge is -2.43. The monoisotopic (exact) mass is 815 g/mol. The standard InChI is InChI=1S/C43H57N7O9/c1-42(2,3)59-41(54)50-20-16-43(17-21-50,40-46-38(48-49-40)30-13-18-44-19-14-30)47-32-10-7-9-31(27-32)39(53)45-35-15-26-58-36-12-11-33(28-34(35)36)57-25-6-4-5-22-55-23-8-24-56-29-37(51)52/h7,9-14,18-19,27-28,35,41,47,54H,4-6,8,15-17,20-26,29H2,1-3H3,(H,45,53)(H,51,52)(H,46,48,49)/t35-,41?/m0/s1. The summed E-state index contributed by atoms with van der Waals surface area (Å²) in [6.07, 6.45) is 7.48. The number of carboxylic acid groups (broad SMARTS) is 1. The molecule has 0 bridgehead atoms. The van der Waals surface area contributed by atoms with Crippen LogP contribution in [0.1, 0.15) is 93.5 Å². The smallest absolute Gasteiger partial charge is 0.329 e. The molecule has 1 fully saturated rings. The summed E-state index contributed by atoms with van der Waals surface area (Å²) in [5.41, 5.74) is 1.76. The van der Waals surface area contributed by atoms with Crippen LogP contribution in [0.3, 0.4) is 0 Å². The van der Waals surface area contributed by atoms with Crippen molar-refractivity contribution < 1.29 is 43.5 Å². The minimum Gasteiger partial charge on any atom is -0.494 e. The molecule has 59 heavy (non-hydrogen) atoms. The third kappa shape index (κ3) is 12.7. The van der Waals surface area contributed by atoms with Gasteiger partial charge in [-0.05, 0) is 108 Å². The van der Waals surface area contributed by atoms with Crippen molar-refractivity contribution in [1.82, 2.24) is 30.4 Å². The van der Waals surface area contributed by atoms with Gasteiger partial charge in [0.1, 0.15) is 18.1 Å². The third-order valence-electron chi connectivity index (χ3n) is 10.1. The number of nitrogens with one attached hydrogen (secondary N) is 3. The highest BCUT2D eigenvalue weighted by atomic mass is 16.6. The van der Waals surface area contributed by atoms with E-state index in [0.29, 0.717) is 94.8 Å². The van der Waals surface area contributed by atoms with Crippen molar-refractivity contribution in [3.05, 3.63) is 83.9 Å². The lowest BCUT2D eigenvalue weighted by Crippen LogP contribution is -2.52. The molecule has 0 aliphatic carbocycles. The molecule has 5 N–H and O–H groups in total. The van der Waals surface area contributed by atoms with Crippen LogP contribution >= 0.6 is 0 Å². The molecule has 2 aliphatic rings. The summed E-state index contributed by atoms with van der Waals surface area (Å²) in [5.74, 6) is 1.47. The van der Waals surface area contributed by atoms with Crippen LogP contribution in [0, 0.1) is 0 Å². The van der Waals surface area contributed by atoms with Gasteiger partial charge < -0.3 is 44.5 Å². The number of pyridine rings is 1. The zero-order valence-electron chi connectivity index (χ0n) is 34.2. The number of benzene rings is 2. The summed E-state index contributed by atoms with van der Waals surface area (Å²) in [4.78, 5) is 35.3. The topological polar surface area (TPSA) is 203 Å². The molecule has 16 nitrogen and oxygen atoms in total. The summed E-state index contributed by atoms with van der Waals surface area (Å²) in [5, 5.41) is 34.1. The normalized spacial score (nSPS) is 17.1. The molecule has 1 amide bonds. The number of H-pyrrole nitrogens is 1. The summed E-state index contributed by atoms with van der Waals surface area (Å²) in [7, 11) is 0. The Morgan fingerprint density at radius 2 is 1.75 bits per heavy atom. The predicted molar refractivity (Wildman–Crippen MR) is 219 cm³/mol. The molecule has 0 saturated carbocycles. The number of likely N-dealkylation sites (tertiary alicyclic amines) is 1. The van der Waals surface area contributed by atoms with Gasteiger partial charge in [-0.3, -0.25) is 19.8 Å². The first-order valence-electron chi connectivity index (χ1n) is 20.4. The third-order valence-corrected chi connectivity index (χ3v) is 10.1. The van der Waals surface area contributed by atoms with Crippen molar-refractivity contribution in [2.75, 3.05) is 58.0 Å². The fraction of sp³-hybridized carbons (Fsp3) is 0.512. The maximum absolute atomic E-state index is 13.9. The summed E-state index contributed by atoms with van der Waals surface area (Å²) in [6, 6.07) is 16.6. The van der Waals surface area contributed by atoms with Crippen molar-refractivity contribution in [3.8, 4) is 22.9 Å². The van der Waals surface area contributed by atoms with Crippen LogP contribution in [0.5, 0.6) is 11.5 Å². The van der Waals surface area contributed by atoms with Gasteiger partial charge >= 0.3 is 5.97 Å². The number of hydrogen-bond acceptors (Lipinski definition) is 13. The van der Waals surface area contributed by atoms with Crippen LogP contribution in [0.25, 0.3) is 11.4 Å². The number of fused-ring (bicyclic) bond motifs is 1. The van der Waals surface area contributed by atoms with Gasteiger partial charge in [-0.15, -0.1) is 0 Å². The molecule has 0 spiro atoms. The first-order valence-corrected chi connectivity index (χ1v) is 20.4. The van der Waals surface area contributed by atoms with Gasteiger partial charge in [0.2, 0.25) is 6.41 Å². The number of rotatable bonds is 21. The molecule has 1 saturated heterocycles. The molecular weight excluding hydrogens is 759 g/mol. The van der Waals surface area contributed by atoms with Crippen LogP contribution in [0.15, 0.2) is 67.0 Å². The summed E-state index contributed by atoms with van der Waals surface area (Å²) < 4.78 is 28.5. The first-order chi connectivity index (χ1) is 28.5. The highest BCUT2D eigenvalue weighted by Crippen LogP contribution is 2.38. The number of carbonyl (C=O) groups is 2. The summed E-state index contributed by atoms with van der Waals surface area (Å²) in [6.45, 7) is 9.05. The van der Waals surface area contributed by atoms with E-state index in [1.807, 2.05) is 74.2 Å². The van der Waals surface area contributed by atoms with Gasteiger partial charge in [-0.2, -0.15) is 5.10 Å². The average Bonchev–Trinajstić information content (AvgIpc) is 3.73. The number of nitrogens with zero attached hydrogens (tertiary/aromatic N) is 4. The van der Waals surface area contributed by atoms with E-state index in [-0.39, 0.29) is 18.6 Å². The molecular formula is C43H57N7O9. The number of ether oxygens (including phenoxy) is 5. The predicted octanol–water partition coefficient (Wildman–Crippen LogP) is 5.67. The van der Waals surface area contributed by atoms with Gasteiger partial charge in [0.25, 0.3) is 5.91 Å². The van der Waals surface area contributed by atoms with E-state index in [9.17, 15) is 14.7 Å². The molecule has 2 aromatic carbocycles. The van der Waals surface area contributed by atoms with Crippen LogP contribution in [0.2, 0.25) is 0 Å². The Morgan fingerprint density at radius 3 is 2.53 bits per heavy atom. The number of aliphatic hydroxyl groups is 1. The maximum atomic E-state index is 13.9. The number of aliphatic hydroxyl groups excluding tert-OH is 1. The fourth-order valence-electron chi connectivity index (χ4n) is 7.11. The molecule has 318 valence electrons. The first kappa shape index (κ1) is 43.4. The van der Waals surface area contributed by atoms with E-state index in [0.717, 1.165) is 41.8 Å². The van der Waals surface area contributed by atoms with Gasteiger partial charge in [0.05, 0.1) is 30.4 Å². The van der Waals surface area contributed by atoms with E-state index >= 15 is 0 Å². The number of amides is 1. The summed E-state index contributed by atoms with van der Waals surface area (Å²) >= 11 is 0.